The summed E-state index contributed by atoms with van der Waals surface area (Å²) in [6.45, 7) is 6.15. The largest absolute Gasteiger partial charge is 0.444 e. The van der Waals surface area contributed by atoms with Crippen LogP contribution in [0.1, 0.15) is 52.0 Å². The van der Waals surface area contributed by atoms with E-state index in [0.29, 0.717) is 11.4 Å². The Balaban J connectivity index is 2.13. The minimum Gasteiger partial charge on any atom is -0.444 e. The first-order valence-corrected chi connectivity index (χ1v) is 10.2. The van der Waals surface area contributed by atoms with Crippen molar-refractivity contribution in [1.29, 1.82) is 0 Å². The lowest BCUT2D eigenvalue weighted by atomic mass is 10.1. The van der Waals surface area contributed by atoms with Crippen molar-refractivity contribution in [2.24, 2.45) is 0 Å². The monoisotopic (exact) mass is 355 g/mol. The molecule has 0 aliphatic carbocycles. The number of carbonyl (C=O) groups excluding carboxylic acids is 1. The zero-order valence-corrected chi connectivity index (χ0v) is 15.9. The lowest BCUT2D eigenvalue weighted by Gasteiger charge is -2.19. The zero-order chi connectivity index (χ0) is 18.2. The molecule has 6 heteroatoms. The van der Waals surface area contributed by atoms with Gasteiger partial charge in [-0.1, -0.05) is 25.0 Å². The molecule has 1 amide bonds. The molecule has 0 fully saturated rings. The van der Waals surface area contributed by atoms with E-state index in [0.717, 1.165) is 37.7 Å². The third kappa shape index (κ3) is 8.91. The molecule has 0 aliphatic rings. The van der Waals surface area contributed by atoms with Crippen molar-refractivity contribution in [3.8, 4) is 0 Å². The van der Waals surface area contributed by atoms with E-state index in [1.165, 1.54) is 6.26 Å². The first-order valence-electron chi connectivity index (χ1n) is 8.34. The van der Waals surface area contributed by atoms with Gasteiger partial charge in [-0.25, -0.2) is 13.2 Å². The second-order valence-corrected chi connectivity index (χ2v) is 9.02. The molecule has 0 saturated heterocycles. The van der Waals surface area contributed by atoms with Crippen molar-refractivity contribution < 1.29 is 17.9 Å². The Hall–Kier alpha value is -1.56. The number of aryl methyl sites for hydroxylation is 1. The minimum atomic E-state index is -3.12. The fraction of sp³-hybridized carbons (Fsp3) is 0.611. The number of hydrogen-bond acceptors (Lipinski definition) is 4. The molecule has 0 unspecified atom stereocenters. The summed E-state index contributed by atoms with van der Waals surface area (Å²) >= 11 is 0. The third-order valence-electron chi connectivity index (χ3n) is 3.41. The van der Waals surface area contributed by atoms with Gasteiger partial charge in [-0.15, -0.1) is 0 Å². The van der Waals surface area contributed by atoms with Crippen molar-refractivity contribution in [3.63, 3.8) is 0 Å². The van der Waals surface area contributed by atoms with E-state index in [9.17, 15) is 13.2 Å². The summed E-state index contributed by atoms with van der Waals surface area (Å²) in [6.07, 6.45) is 5.86. The van der Waals surface area contributed by atoms with Crippen molar-refractivity contribution in [3.05, 3.63) is 29.8 Å². The number of unbranched alkanes of at least 4 members (excludes halogenated alkanes) is 3. The predicted octanol–water partition coefficient (Wildman–Crippen LogP) is 3.72. The van der Waals surface area contributed by atoms with Crippen LogP contribution in [0.3, 0.4) is 0 Å². The van der Waals surface area contributed by atoms with Crippen molar-refractivity contribution >= 4 is 15.9 Å². The van der Waals surface area contributed by atoms with Crippen LogP contribution in [0.2, 0.25) is 0 Å². The lowest BCUT2D eigenvalue weighted by Crippen LogP contribution is -2.32. The average molecular weight is 356 g/mol. The highest BCUT2D eigenvalue weighted by molar-refractivity contribution is 7.90. The molecule has 0 aliphatic heterocycles. The highest BCUT2D eigenvalue weighted by atomic mass is 32.2. The first kappa shape index (κ1) is 20.5. The number of hydrogen-bond donors (Lipinski definition) is 1. The second kappa shape index (κ2) is 9.06. The van der Waals surface area contributed by atoms with Crippen LogP contribution in [0.15, 0.2) is 29.2 Å². The van der Waals surface area contributed by atoms with Crippen LogP contribution in [0.25, 0.3) is 0 Å². The van der Waals surface area contributed by atoms with E-state index in [1.807, 2.05) is 32.9 Å². The summed E-state index contributed by atoms with van der Waals surface area (Å²) < 4.78 is 27.9. The Labute approximate surface area is 145 Å². The number of alkyl carbamates (subject to hydrolysis) is 1. The maximum Gasteiger partial charge on any atom is 0.407 e. The van der Waals surface area contributed by atoms with Crippen molar-refractivity contribution in [1.82, 2.24) is 5.32 Å². The molecular weight excluding hydrogens is 326 g/mol. The zero-order valence-electron chi connectivity index (χ0n) is 15.1. The second-order valence-electron chi connectivity index (χ2n) is 7.01. The Morgan fingerprint density at radius 1 is 1.04 bits per heavy atom. The van der Waals surface area contributed by atoms with Gasteiger partial charge in [0.15, 0.2) is 9.84 Å². The van der Waals surface area contributed by atoms with Gasteiger partial charge in [-0.05, 0) is 57.7 Å². The van der Waals surface area contributed by atoms with Gasteiger partial charge in [0, 0.05) is 12.8 Å². The van der Waals surface area contributed by atoms with E-state index < -0.39 is 15.4 Å². The number of ether oxygens (including phenoxy) is 1. The number of nitrogens with one attached hydrogen (secondary N) is 1. The molecule has 24 heavy (non-hydrogen) atoms. The minimum absolute atomic E-state index is 0.361. The molecule has 0 aromatic heterocycles. The summed E-state index contributed by atoms with van der Waals surface area (Å²) in [5, 5.41) is 2.75. The number of rotatable bonds is 8. The van der Waals surface area contributed by atoms with Crippen molar-refractivity contribution in [2.75, 3.05) is 12.8 Å². The van der Waals surface area contributed by atoms with Crippen LogP contribution in [0, 0.1) is 0 Å². The number of amides is 1. The van der Waals surface area contributed by atoms with E-state index >= 15 is 0 Å². The molecule has 1 aromatic rings. The molecule has 0 saturated carbocycles. The summed E-state index contributed by atoms with van der Waals surface area (Å²) in [6, 6.07) is 7.08. The molecule has 0 heterocycles. The van der Waals surface area contributed by atoms with Gasteiger partial charge >= 0.3 is 6.09 Å². The Morgan fingerprint density at radius 2 is 1.62 bits per heavy atom. The van der Waals surface area contributed by atoms with Gasteiger partial charge in [0.25, 0.3) is 0 Å². The van der Waals surface area contributed by atoms with E-state index in [-0.39, 0.29) is 6.09 Å². The summed E-state index contributed by atoms with van der Waals surface area (Å²) in [5.41, 5.74) is 0.686. The molecule has 5 nitrogen and oxygen atoms in total. The molecule has 1 rings (SSSR count). The standard InChI is InChI=1S/C18H29NO4S/c1-18(2,3)23-17(20)19-14-8-6-5-7-9-15-10-12-16(13-11-15)24(4,21)22/h10-13H,5-9,14H2,1-4H3,(H,19,20). The predicted molar refractivity (Wildman–Crippen MR) is 96.0 cm³/mol. The van der Waals surface area contributed by atoms with E-state index in [2.05, 4.69) is 5.32 Å². The summed E-state index contributed by atoms with van der Waals surface area (Å²) in [7, 11) is -3.12. The fourth-order valence-electron chi connectivity index (χ4n) is 2.22. The highest BCUT2D eigenvalue weighted by Crippen LogP contribution is 2.13. The van der Waals surface area contributed by atoms with Crippen LogP contribution in [0.5, 0.6) is 0 Å². The van der Waals surface area contributed by atoms with Gasteiger partial charge < -0.3 is 10.1 Å². The van der Waals surface area contributed by atoms with Crippen LogP contribution < -0.4 is 5.32 Å². The lowest BCUT2D eigenvalue weighted by molar-refractivity contribution is 0.0527. The molecule has 0 atom stereocenters. The first-order chi connectivity index (χ1) is 11.1. The summed E-state index contributed by atoms with van der Waals surface area (Å²) in [4.78, 5) is 11.8. The molecule has 0 radical (unpaired) electrons. The van der Waals surface area contributed by atoms with Gasteiger partial charge in [0.05, 0.1) is 4.90 Å². The molecule has 0 spiro atoms. The quantitative estimate of drug-likeness (QED) is 0.721. The Morgan fingerprint density at radius 3 is 2.17 bits per heavy atom. The molecular formula is C18H29NO4S. The molecule has 1 N–H and O–H groups in total. The average Bonchev–Trinajstić information content (AvgIpc) is 2.44. The maximum absolute atomic E-state index is 11.5. The molecule has 0 bridgehead atoms. The van der Waals surface area contributed by atoms with Gasteiger partial charge in [-0.2, -0.15) is 0 Å². The topological polar surface area (TPSA) is 72.5 Å². The Kier molecular flexibility index (Phi) is 7.73. The number of benzene rings is 1. The SMILES string of the molecule is CC(C)(C)OC(=O)NCCCCCCc1ccc(S(C)(=O)=O)cc1. The van der Waals surface area contributed by atoms with E-state index in [4.69, 9.17) is 4.74 Å². The van der Waals surface area contributed by atoms with Crippen molar-refractivity contribution in [2.45, 2.75) is 63.4 Å². The van der Waals surface area contributed by atoms with Crippen LogP contribution in [-0.4, -0.2) is 32.9 Å². The molecule has 1 aromatic carbocycles. The normalized spacial score (nSPS) is 12.0. The van der Waals surface area contributed by atoms with Gasteiger partial charge in [0.1, 0.15) is 5.60 Å². The highest BCUT2D eigenvalue weighted by Gasteiger charge is 2.15. The summed E-state index contributed by atoms with van der Waals surface area (Å²) in [5.74, 6) is 0. The van der Waals surface area contributed by atoms with Crippen LogP contribution in [0.4, 0.5) is 4.79 Å². The van der Waals surface area contributed by atoms with Crippen LogP contribution in [-0.2, 0) is 21.0 Å². The third-order valence-corrected chi connectivity index (χ3v) is 4.54. The van der Waals surface area contributed by atoms with Crippen LogP contribution >= 0.6 is 0 Å². The smallest absolute Gasteiger partial charge is 0.407 e. The fourth-order valence-corrected chi connectivity index (χ4v) is 2.85. The maximum atomic E-state index is 11.5. The van der Waals surface area contributed by atoms with Gasteiger partial charge in [-0.3, -0.25) is 0 Å². The number of sulfone groups is 1. The van der Waals surface area contributed by atoms with Gasteiger partial charge in [0.2, 0.25) is 0 Å². The number of carbonyl (C=O) groups is 1. The van der Waals surface area contributed by atoms with E-state index in [1.54, 1.807) is 12.1 Å². The Bertz CT molecular complexity index is 615. The molecule has 136 valence electrons.